The molecule has 0 saturated heterocycles. The summed E-state index contributed by atoms with van der Waals surface area (Å²) in [5, 5.41) is 11.3. The summed E-state index contributed by atoms with van der Waals surface area (Å²) in [5.41, 5.74) is 0.581. The van der Waals surface area contributed by atoms with Gasteiger partial charge < -0.3 is 5.21 Å². The molecule has 0 spiro atoms. The fourth-order valence-electron chi connectivity index (χ4n) is 0.581. The van der Waals surface area contributed by atoms with E-state index in [1.54, 1.807) is 12.1 Å². The van der Waals surface area contributed by atoms with Gasteiger partial charge in [-0.2, -0.15) is 0 Å². The van der Waals surface area contributed by atoms with Crippen LogP contribution in [0.15, 0.2) is 21.9 Å². The standard InChI is InChI=1S/C6H4BrClN2O/c7-5-2-1-4(3-9-11)6(8)10-5/h1-3,11H. The molecule has 1 aromatic rings. The molecule has 0 aliphatic carbocycles. The van der Waals surface area contributed by atoms with Crippen molar-refractivity contribution in [2.75, 3.05) is 0 Å². The van der Waals surface area contributed by atoms with E-state index in [0.29, 0.717) is 15.3 Å². The van der Waals surface area contributed by atoms with Crippen molar-refractivity contribution in [2.24, 2.45) is 5.16 Å². The third-order valence-corrected chi connectivity index (χ3v) is 1.78. The van der Waals surface area contributed by atoms with Crippen LogP contribution in [-0.2, 0) is 0 Å². The molecule has 5 heteroatoms. The second-order valence-corrected chi connectivity index (χ2v) is 2.93. The molecule has 0 aromatic carbocycles. The molecule has 1 rings (SSSR count). The van der Waals surface area contributed by atoms with E-state index in [1.165, 1.54) is 6.21 Å². The highest BCUT2D eigenvalue weighted by atomic mass is 79.9. The molecule has 0 aliphatic heterocycles. The number of pyridine rings is 1. The smallest absolute Gasteiger partial charge is 0.139 e. The predicted molar refractivity (Wildman–Crippen MR) is 46.3 cm³/mol. The zero-order valence-electron chi connectivity index (χ0n) is 5.33. The Kier molecular flexibility index (Phi) is 2.84. The third-order valence-electron chi connectivity index (χ3n) is 1.04. The van der Waals surface area contributed by atoms with Crippen LogP contribution in [0.5, 0.6) is 0 Å². The number of oxime groups is 1. The Labute approximate surface area is 76.8 Å². The number of aromatic nitrogens is 1. The van der Waals surface area contributed by atoms with Crippen molar-refractivity contribution >= 4 is 33.7 Å². The van der Waals surface area contributed by atoms with Gasteiger partial charge in [-0.3, -0.25) is 0 Å². The summed E-state index contributed by atoms with van der Waals surface area (Å²) in [6.07, 6.45) is 1.22. The predicted octanol–water partition coefficient (Wildman–Crippen LogP) is 2.31. The van der Waals surface area contributed by atoms with Gasteiger partial charge in [0.15, 0.2) is 0 Å². The summed E-state index contributed by atoms with van der Waals surface area (Å²) in [7, 11) is 0. The Morgan fingerprint density at radius 2 is 2.36 bits per heavy atom. The van der Waals surface area contributed by atoms with Crippen molar-refractivity contribution in [3.8, 4) is 0 Å². The molecule has 58 valence electrons. The maximum Gasteiger partial charge on any atom is 0.139 e. The largest absolute Gasteiger partial charge is 0.411 e. The van der Waals surface area contributed by atoms with Gasteiger partial charge in [0.05, 0.1) is 6.21 Å². The number of rotatable bonds is 1. The SMILES string of the molecule is ON=Cc1ccc(Br)nc1Cl. The van der Waals surface area contributed by atoms with Crippen LogP contribution in [0.25, 0.3) is 0 Å². The second kappa shape index (κ2) is 3.69. The van der Waals surface area contributed by atoms with Gasteiger partial charge in [0.1, 0.15) is 9.76 Å². The van der Waals surface area contributed by atoms with Crippen LogP contribution in [0.3, 0.4) is 0 Å². The molecule has 0 unspecified atom stereocenters. The number of nitrogens with zero attached hydrogens (tertiary/aromatic N) is 2. The Bertz CT molecular complexity index is 290. The van der Waals surface area contributed by atoms with Crippen LogP contribution in [-0.4, -0.2) is 16.4 Å². The molecule has 1 aromatic heterocycles. The maximum atomic E-state index is 8.18. The van der Waals surface area contributed by atoms with Crippen LogP contribution in [0.4, 0.5) is 0 Å². The van der Waals surface area contributed by atoms with Crippen molar-refractivity contribution < 1.29 is 5.21 Å². The fraction of sp³-hybridized carbons (Fsp3) is 0. The summed E-state index contributed by atoms with van der Waals surface area (Å²) < 4.78 is 0.651. The lowest BCUT2D eigenvalue weighted by Crippen LogP contribution is -1.86. The lowest BCUT2D eigenvalue weighted by Gasteiger charge is -1.94. The van der Waals surface area contributed by atoms with E-state index in [-0.39, 0.29) is 0 Å². The molecule has 0 amide bonds. The summed E-state index contributed by atoms with van der Waals surface area (Å²) in [5.74, 6) is 0. The van der Waals surface area contributed by atoms with E-state index >= 15 is 0 Å². The van der Waals surface area contributed by atoms with Crippen molar-refractivity contribution in [3.63, 3.8) is 0 Å². The molecule has 0 radical (unpaired) electrons. The molecule has 1 heterocycles. The van der Waals surface area contributed by atoms with Crippen molar-refractivity contribution in [3.05, 3.63) is 27.5 Å². The normalized spacial score (nSPS) is 10.7. The summed E-state index contributed by atoms with van der Waals surface area (Å²) >= 11 is 8.81. The highest BCUT2D eigenvalue weighted by molar-refractivity contribution is 9.10. The molecule has 0 saturated carbocycles. The van der Waals surface area contributed by atoms with E-state index in [2.05, 4.69) is 26.1 Å². The summed E-state index contributed by atoms with van der Waals surface area (Å²) in [6.45, 7) is 0. The maximum absolute atomic E-state index is 8.18. The summed E-state index contributed by atoms with van der Waals surface area (Å²) in [4.78, 5) is 3.87. The molecular weight excluding hydrogens is 231 g/mol. The number of hydrogen-bond acceptors (Lipinski definition) is 3. The van der Waals surface area contributed by atoms with Crippen LogP contribution < -0.4 is 0 Å². The van der Waals surface area contributed by atoms with Gasteiger partial charge >= 0.3 is 0 Å². The Balaban J connectivity index is 3.09. The molecule has 0 atom stereocenters. The monoisotopic (exact) mass is 234 g/mol. The first-order valence-electron chi connectivity index (χ1n) is 2.73. The van der Waals surface area contributed by atoms with Gasteiger partial charge in [0, 0.05) is 5.56 Å². The fourth-order valence-corrected chi connectivity index (χ4v) is 1.20. The van der Waals surface area contributed by atoms with Crippen molar-refractivity contribution in [2.45, 2.75) is 0 Å². The minimum Gasteiger partial charge on any atom is -0.411 e. The van der Waals surface area contributed by atoms with E-state index in [1.807, 2.05) is 0 Å². The van der Waals surface area contributed by atoms with Gasteiger partial charge in [-0.05, 0) is 28.1 Å². The molecule has 3 nitrogen and oxygen atoms in total. The molecule has 11 heavy (non-hydrogen) atoms. The van der Waals surface area contributed by atoms with Crippen molar-refractivity contribution in [1.82, 2.24) is 4.98 Å². The molecule has 0 aliphatic rings. The molecule has 1 N–H and O–H groups in total. The Morgan fingerprint density at radius 3 is 2.91 bits per heavy atom. The second-order valence-electron chi connectivity index (χ2n) is 1.76. The minimum absolute atomic E-state index is 0.303. The Morgan fingerprint density at radius 1 is 1.64 bits per heavy atom. The van der Waals surface area contributed by atoms with Gasteiger partial charge in [-0.1, -0.05) is 16.8 Å². The highest BCUT2D eigenvalue weighted by Gasteiger charge is 1.98. The van der Waals surface area contributed by atoms with Crippen LogP contribution >= 0.6 is 27.5 Å². The Hall–Kier alpha value is -0.610. The first kappa shape index (κ1) is 8.49. The van der Waals surface area contributed by atoms with Gasteiger partial charge in [0.25, 0.3) is 0 Å². The van der Waals surface area contributed by atoms with Gasteiger partial charge in [0.2, 0.25) is 0 Å². The highest BCUT2D eigenvalue weighted by Crippen LogP contribution is 2.14. The van der Waals surface area contributed by atoms with Gasteiger partial charge in [-0.25, -0.2) is 4.98 Å². The van der Waals surface area contributed by atoms with Crippen LogP contribution in [0, 0.1) is 0 Å². The third kappa shape index (κ3) is 2.17. The van der Waals surface area contributed by atoms with Crippen molar-refractivity contribution in [1.29, 1.82) is 0 Å². The van der Waals surface area contributed by atoms with Gasteiger partial charge in [-0.15, -0.1) is 0 Å². The van der Waals surface area contributed by atoms with E-state index in [4.69, 9.17) is 16.8 Å². The van der Waals surface area contributed by atoms with E-state index in [9.17, 15) is 0 Å². The minimum atomic E-state index is 0.303. The first-order chi connectivity index (χ1) is 5.24. The quantitative estimate of drug-likeness (QED) is 0.351. The van der Waals surface area contributed by atoms with Crippen LogP contribution in [0.2, 0.25) is 5.15 Å². The van der Waals surface area contributed by atoms with E-state index < -0.39 is 0 Å². The topological polar surface area (TPSA) is 45.5 Å². The average Bonchev–Trinajstić information content (AvgIpc) is 1.95. The number of halogens is 2. The average molecular weight is 235 g/mol. The zero-order chi connectivity index (χ0) is 8.27. The zero-order valence-corrected chi connectivity index (χ0v) is 7.67. The molecule has 0 bridgehead atoms. The molecular formula is C6H4BrClN2O. The lowest BCUT2D eigenvalue weighted by molar-refractivity contribution is 0.322. The van der Waals surface area contributed by atoms with Crippen LogP contribution in [0.1, 0.15) is 5.56 Å². The molecule has 0 fully saturated rings. The first-order valence-corrected chi connectivity index (χ1v) is 3.90. The summed E-state index contributed by atoms with van der Waals surface area (Å²) in [6, 6.07) is 3.40. The number of hydrogen-bond donors (Lipinski definition) is 1. The lowest BCUT2D eigenvalue weighted by atomic mass is 10.3. The van der Waals surface area contributed by atoms with E-state index in [0.717, 1.165) is 0 Å².